The van der Waals surface area contributed by atoms with Crippen molar-refractivity contribution in [3.05, 3.63) is 222 Å². The lowest BCUT2D eigenvalue weighted by Gasteiger charge is -2.23. The molecule has 63 heavy (non-hydrogen) atoms. The molecule has 2 heteroatoms. The Hall–Kier alpha value is -7.00. The maximum absolute atomic E-state index is 2.53. The molecule has 12 rings (SSSR count). The third kappa shape index (κ3) is 5.81. The van der Waals surface area contributed by atoms with E-state index in [4.69, 9.17) is 0 Å². The first-order chi connectivity index (χ1) is 30.9. The Labute approximate surface area is 373 Å². The molecule has 0 aliphatic heterocycles. The van der Waals surface area contributed by atoms with E-state index in [0.717, 1.165) is 6.42 Å². The third-order valence-electron chi connectivity index (χ3n) is 14.1. The summed E-state index contributed by atoms with van der Waals surface area (Å²) >= 11 is 1.93. The first-order valence-electron chi connectivity index (χ1n) is 22.4. The van der Waals surface area contributed by atoms with Gasteiger partial charge in [0.2, 0.25) is 0 Å². The Balaban J connectivity index is 0.995. The van der Waals surface area contributed by atoms with Crippen LogP contribution in [0.1, 0.15) is 60.9 Å². The Bertz CT molecular complexity index is 3600. The summed E-state index contributed by atoms with van der Waals surface area (Å²) in [5.41, 5.74) is 20.8. The molecule has 0 bridgehead atoms. The molecule has 1 nitrogen and oxygen atoms in total. The van der Waals surface area contributed by atoms with E-state index in [1.165, 1.54) is 120 Å². The van der Waals surface area contributed by atoms with Crippen molar-refractivity contribution >= 4 is 53.3 Å². The summed E-state index contributed by atoms with van der Waals surface area (Å²) in [5.74, 6) is 0.201. The molecule has 0 radical (unpaired) electrons. The van der Waals surface area contributed by atoms with Crippen molar-refractivity contribution in [2.75, 3.05) is 0 Å². The second-order valence-electron chi connectivity index (χ2n) is 17.9. The molecule has 0 fully saturated rings. The molecule has 0 saturated carbocycles. The van der Waals surface area contributed by atoms with Gasteiger partial charge in [-0.3, -0.25) is 0 Å². The highest BCUT2D eigenvalue weighted by Gasteiger charge is 2.35. The third-order valence-corrected chi connectivity index (χ3v) is 15.3. The molecular formula is C61H47NS. The summed E-state index contributed by atoms with van der Waals surface area (Å²) in [6, 6.07) is 72.9. The van der Waals surface area contributed by atoms with E-state index >= 15 is 0 Å². The van der Waals surface area contributed by atoms with Gasteiger partial charge in [0.15, 0.2) is 0 Å². The topological polar surface area (TPSA) is 4.93 Å². The number of benzene rings is 9. The van der Waals surface area contributed by atoms with Gasteiger partial charge in [-0.15, -0.1) is 11.3 Å². The van der Waals surface area contributed by atoms with Crippen molar-refractivity contribution < 1.29 is 0 Å². The lowest BCUT2D eigenvalue weighted by molar-refractivity contribution is 0.660. The van der Waals surface area contributed by atoms with Gasteiger partial charge in [-0.2, -0.15) is 0 Å². The van der Waals surface area contributed by atoms with Crippen LogP contribution >= 0.6 is 11.3 Å². The number of aromatic nitrogens is 1. The molecule has 0 spiro atoms. The van der Waals surface area contributed by atoms with E-state index in [1.54, 1.807) is 0 Å². The van der Waals surface area contributed by atoms with Crippen LogP contribution in [0.15, 0.2) is 194 Å². The molecule has 1 aliphatic carbocycles. The molecule has 2 aromatic heterocycles. The van der Waals surface area contributed by atoms with Crippen LogP contribution in [0.2, 0.25) is 0 Å². The van der Waals surface area contributed by atoms with E-state index in [0.29, 0.717) is 0 Å². The van der Waals surface area contributed by atoms with Gasteiger partial charge in [0.1, 0.15) is 0 Å². The number of rotatable bonds is 7. The van der Waals surface area contributed by atoms with E-state index in [2.05, 4.69) is 226 Å². The zero-order chi connectivity index (χ0) is 42.4. The predicted octanol–water partition coefficient (Wildman–Crippen LogP) is 17.3. The monoisotopic (exact) mass is 825 g/mol. The van der Waals surface area contributed by atoms with Crippen molar-refractivity contribution in [2.24, 2.45) is 0 Å². The van der Waals surface area contributed by atoms with Gasteiger partial charge in [-0.1, -0.05) is 172 Å². The molecule has 9 aromatic carbocycles. The number of thiophene rings is 1. The van der Waals surface area contributed by atoms with Gasteiger partial charge >= 0.3 is 0 Å². The number of fused-ring (bicyclic) bond motifs is 9. The van der Waals surface area contributed by atoms with E-state index < -0.39 is 0 Å². The van der Waals surface area contributed by atoms with Crippen LogP contribution < -0.4 is 0 Å². The smallest absolute Gasteiger partial charge is 0.0619 e. The number of nitrogens with zero attached hydrogens (tertiary/aromatic N) is 1. The summed E-state index contributed by atoms with van der Waals surface area (Å²) in [5, 5.41) is 5.23. The Morgan fingerprint density at radius 3 is 1.97 bits per heavy atom. The van der Waals surface area contributed by atoms with E-state index in [9.17, 15) is 0 Å². The Morgan fingerprint density at radius 2 is 1.14 bits per heavy atom. The lowest BCUT2D eigenvalue weighted by Crippen LogP contribution is -2.14. The fourth-order valence-corrected chi connectivity index (χ4v) is 12.3. The van der Waals surface area contributed by atoms with Crippen molar-refractivity contribution in [2.45, 2.75) is 45.4 Å². The van der Waals surface area contributed by atoms with Crippen LogP contribution in [0.4, 0.5) is 0 Å². The quantitative estimate of drug-likeness (QED) is 0.151. The molecule has 1 unspecified atom stereocenters. The molecule has 302 valence electrons. The summed E-state index contributed by atoms with van der Waals surface area (Å²) < 4.78 is 5.14. The minimum atomic E-state index is -0.0655. The number of hydrogen-bond donors (Lipinski definition) is 0. The zero-order valence-corrected chi connectivity index (χ0v) is 36.9. The first-order valence-corrected chi connectivity index (χ1v) is 23.2. The van der Waals surface area contributed by atoms with Crippen LogP contribution in [0, 0.1) is 6.92 Å². The minimum Gasteiger partial charge on any atom is -0.309 e. The second-order valence-corrected chi connectivity index (χ2v) is 19.0. The number of para-hydroxylation sites is 3. The maximum atomic E-state index is 2.53. The maximum Gasteiger partial charge on any atom is 0.0619 e. The Morgan fingerprint density at radius 1 is 0.492 bits per heavy atom. The highest BCUT2D eigenvalue weighted by molar-refractivity contribution is 7.26. The summed E-state index contributed by atoms with van der Waals surface area (Å²) in [4.78, 5) is 0. The Kier molecular flexibility index (Phi) is 8.71. The largest absolute Gasteiger partial charge is 0.309 e. The molecular weight excluding hydrogens is 779 g/mol. The van der Waals surface area contributed by atoms with Gasteiger partial charge in [-0.05, 0) is 123 Å². The van der Waals surface area contributed by atoms with Crippen LogP contribution in [0.3, 0.4) is 0 Å². The van der Waals surface area contributed by atoms with Crippen molar-refractivity contribution in [1.82, 2.24) is 4.57 Å². The van der Waals surface area contributed by atoms with E-state index in [1.807, 2.05) is 11.3 Å². The van der Waals surface area contributed by atoms with E-state index in [-0.39, 0.29) is 11.3 Å². The van der Waals surface area contributed by atoms with Crippen LogP contribution in [0.25, 0.3) is 92.2 Å². The first kappa shape index (κ1) is 37.7. The van der Waals surface area contributed by atoms with Crippen LogP contribution in [-0.4, -0.2) is 4.57 Å². The SMILES string of the molecule is CCC(c1cc(-c2ccc3c(c2)C(C)(C)c2ccccc2-3)c2sc3ccccc3c2c1)c1ccccc1-c1ccc(-c2cccc3c4ccccc4n(-c4ccccc4)c23)cc1C. The standard InChI is InChI=1S/C61H47NS/c1-5-43(41-35-53(60-54(36-41)51-24-13-16-29-58(51)63-60)40-31-33-49-48-22-11-14-27-55(48)61(3,4)56(49)37-40)46-20-9-10-21-47(46)44-32-30-39(34-38(44)2)45-25-17-26-52-50-23-12-15-28-57(50)62(59(45)52)42-18-7-6-8-19-42/h6-37,43H,5H2,1-4H3. The zero-order valence-electron chi connectivity index (χ0n) is 36.1. The second kappa shape index (κ2) is 14.5. The van der Waals surface area contributed by atoms with Crippen molar-refractivity contribution in [1.29, 1.82) is 0 Å². The summed E-state index contributed by atoms with van der Waals surface area (Å²) in [6.45, 7) is 9.42. The fourth-order valence-electron chi connectivity index (χ4n) is 11.0. The number of aryl methyl sites for hydroxylation is 1. The average Bonchev–Trinajstić information content (AvgIpc) is 3.95. The van der Waals surface area contributed by atoms with Crippen molar-refractivity contribution in [3.8, 4) is 50.2 Å². The molecule has 1 aliphatic rings. The highest BCUT2D eigenvalue weighted by atomic mass is 32.1. The van der Waals surface area contributed by atoms with Gasteiger partial charge < -0.3 is 4.57 Å². The molecule has 0 saturated heterocycles. The highest BCUT2D eigenvalue weighted by Crippen LogP contribution is 2.51. The summed E-state index contributed by atoms with van der Waals surface area (Å²) in [6.07, 6.45) is 0.986. The normalized spacial score (nSPS) is 13.5. The predicted molar refractivity (Wildman–Crippen MR) is 271 cm³/mol. The van der Waals surface area contributed by atoms with Gasteiger partial charge in [0.05, 0.1) is 11.0 Å². The average molecular weight is 826 g/mol. The molecule has 2 heterocycles. The minimum absolute atomic E-state index is 0.0655. The van der Waals surface area contributed by atoms with Crippen molar-refractivity contribution in [3.63, 3.8) is 0 Å². The van der Waals surface area contributed by atoms with Gasteiger partial charge in [0, 0.05) is 53.5 Å². The van der Waals surface area contributed by atoms with Crippen LogP contribution in [0.5, 0.6) is 0 Å². The molecule has 0 amide bonds. The molecule has 1 atom stereocenters. The molecule has 11 aromatic rings. The fraction of sp³-hybridized carbons (Fsp3) is 0.115. The van der Waals surface area contributed by atoms with Gasteiger partial charge in [0.25, 0.3) is 0 Å². The van der Waals surface area contributed by atoms with Gasteiger partial charge in [-0.25, -0.2) is 0 Å². The number of hydrogen-bond acceptors (Lipinski definition) is 1. The lowest BCUT2D eigenvalue weighted by atomic mass is 9.80. The summed E-state index contributed by atoms with van der Waals surface area (Å²) in [7, 11) is 0. The molecule has 0 N–H and O–H groups in total. The van der Waals surface area contributed by atoms with Crippen LogP contribution in [-0.2, 0) is 5.41 Å².